The van der Waals surface area contributed by atoms with Crippen LogP contribution in [0, 0.1) is 23.7 Å². The summed E-state index contributed by atoms with van der Waals surface area (Å²) in [4.78, 5) is 167. The van der Waals surface area contributed by atoms with Crippen LogP contribution in [-0.2, 0) is 52.7 Å². The molecule has 0 saturated carbocycles. The SMILES string of the molecule is C/C=C/C[C@@H](C)[C@@H](O)[C@H]1C(=O)N[C@@H](CC)C(=O)N(C)CC(=O)N(C)CC(=O)N[C@@H](CCCCNC(=O)CCCSSc2ccccn2)C(=O)N(C)CC(=O)NCC(=O)N[C@H](C)C(=O)N(C)[C@@H](CC(C)C)C(O)N(C)[C@@H](CC(C)C)C(=O)N(C)[C@@H](C(C)C)C(=O)N1C. The predicted octanol–water partition coefficient (Wildman–Crippen LogP) is 2.09. The van der Waals surface area contributed by atoms with Gasteiger partial charge in [-0.1, -0.05) is 84.4 Å². The van der Waals surface area contributed by atoms with Crippen LogP contribution in [0.3, 0.4) is 0 Å². The molecule has 91 heavy (non-hydrogen) atoms. The molecule has 1 saturated heterocycles. The topological polar surface area (TPSA) is 324 Å². The molecule has 0 bridgehead atoms. The zero-order valence-corrected chi connectivity index (χ0v) is 58.5. The average molecular weight is 1320 g/mol. The molecule has 1 aromatic rings. The third-order valence-corrected chi connectivity index (χ3v) is 18.3. The van der Waals surface area contributed by atoms with Gasteiger partial charge in [-0.3, -0.25) is 57.6 Å². The molecule has 1 unspecified atom stereocenters. The number of pyridine rings is 1. The van der Waals surface area contributed by atoms with Gasteiger partial charge in [-0.05, 0) is 119 Å². The monoisotopic (exact) mass is 1320 g/mol. The van der Waals surface area contributed by atoms with E-state index in [1.807, 2.05) is 45.9 Å². The summed E-state index contributed by atoms with van der Waals surface area (Å²) >= 11 is 0. The summed E-state index contributed by atoms with van der Waals surface area (Å²) in [7, 11) is 12.9. The van der Waals surface area contributed by atoms with Crippen LogP contribution in [0.4, 0.5) is 0 Å². The number of unbranched alkanes of at least 4 members (excludes halogenated alkanes) is 1. The van der Waals surface area contributed by atoms with Gasteiger partial charge in [0.15, 0.2) is 0 Å². The first-order valence-electron chi connectivity index (χ1n) is 31.6. The van der Waals surface area contributed by atoms with E-state index in [1.54, 1.807) is 70.8 Å². The van der Waals surface area contributed by atoms with Gasteiger partial charge >= 0.3 is 0 Å². The minimum atomic E-state index is -1.61. The van der Waals surface area contributed by atoms with Crippen molar-refractivity contribution in [2.75, 3.05) is 87.8 Å². The van der Waals surface area contributed by atoms with Gasteiger partial charge in [0.2, 0.25) is 65.0 Å². The second-order valence-corrected chi connectivity index (χ2v) is 27.4. The number of amides is 11. The third kappa shape index (κ3) is 26.6. The van der Waals surface area contributed by atoms with Gasteiger partial charge in [-0.25, -0.2) is 4.98 Å². The van der Waals surface area contributed by atoms with Crippen molar-refractivity contribution in [1.29, 1.82) is 0 Å². The smallest absolute Gasteiger partial charge is 0.246 e. The summed E-state index contributed by atoms with van der Waals surface area (Å²) in [5.41, 5.74) is 0. The number of allylic oxidation sites excluding steroid dienone is 2. The van der Waals surface area contributed by atoms with Crippen LogP contribution in [0.2, 0.25) is 0 Å². The van der Waals surface area contributed by atoms with Crippen molar-refractivity contribution in [3.63, 3.8) is 0 Å². The molecule has 28 heteroatoms. The highest BCUT2D eigenvalue weighted by molar-refractivity contribution is 8.76. The lowest BCUT2D eigenvalue weighted by Crippen LogP contribution is -2.64. The van der Waals surface area contributed by atoms with Gasteiger partial charge in [0.1, 0.15) is 41.5 Å². The molecule has 1 aromatic heterocycles. The summed E-state index contributed by atoms with van der Waals surface area (Å²) in [5, 5.41) is 38.6. The van der Waals surface area contributed by atoms with Crippen LogP contribution in [0.5, 0.6) is 0 Å². The zero-order valence-electron chi connectivity index (χ0n) is 56.9. The summed E-state index contributed by atoms with van der Waals surface area (Å²) in [6.45, 7) is 15.6. The number of aliphatic hydroxyl groups is 2. The van der Waals surface area contributed by atoms with E-state index in [0.29, 0.717) is 32.1 Å². The fourth-order valence-corrected chi connectivity index (χ4v) is 12.5. The summed E-state index contributed by atoms with van der Waals surface area (Å²) in [5.74, 6) is -7.90. The lowest BCUT2D eigenvalue weighted by Gasteiger charge is -2.43. The number of likely N-dealkylation sites (N-methyl/N-ethyl adjacent to an activating group) is 7. The zero-order chi connectivity index (χ0) is 69.0. The van der Waals surface area contributed by atoms with Crippen molar-refractivity contribution in [3.05, 3.63) is 36.5 Å². The van der Waals surface area contributed by atoms with Crippen LogP contribution in [0.15, 0.2) is 41.6 Å². The maximum atomic E-state index is 15.1. The maximum absolute atomic E-state index is 15.1. The number of nitrogens with zero attached hydrogens (tertiary/aromatic N) is 8. The van der Waals surface area contributed by atoms with E-state index in [1.165, 1.54) is 74.7 Å². The van der Waals surface area contributed by atoms with E-state index < -0.39 is 152 Å². The lowest BCUT2D eigenvalue weighted by molar-refractivity contribution is -0.158. The molecule has 0 spiro atoms. The largest absolute Gasteiger partial charge is 0.390 e. The minimum absolute atomic E-state index is 0.0126. The highest BCUT2D eigenvalue weighted by Crippen LogP contribution is 2.30. The summed E-state index contributed by atoms with van der Waals surface area (Å²) < 4.78 is 0. The minimum Gasteiger partial charge on any atom is -0.390 e. The van der Waals surface area contributed by atoms with Crippen molar-refractivity contribution in [3.8, 4) is 0 Å². The Labute approximate surface area is 547 Å². The van der Waals surface area contributed by atoms with E-state index in [4.69, 9.17) is 0 Å². The van der Waals surface area contributed by atoms with Crippen molar-refractivity contribution >= 4 is 86.6 Å². The Morgan fingerprint density at radius 1 is 0.714 bits per heavy atom. The number of aliphatic hydroxyl groups excluding tert-OH is 2. The second kappa shape index (κ2) is 40.6. The molecule has 1 aliphatic heterocycles. The van der Waals surface area contributed by atoms with Gasteiger partial charge in [0.05, 0.1) is 44.4 Å². The molecule has 0 radical (unpaired) electrons. The Balaban J connectivity index is 2.63. The molecule has 1 fully saturated rings. The van der Waals surface area contributed by atoms with Crippen LogP contribution in [0.1, 0.15) is 127 Å². The quantitative estimate of drug-likeness (QED) is 0.0526. The summed E-state index contributed by atoms with van der Waals surface area (Å²) in [6, 6.07) is -2.89. The first-order valence-corrected chi connectivity index (χ1v) is 33.9. The van der Waals surface area contributed by atoms with E-state index in [9.17, 15) is 53.4 Å². The number of carbonyl (C=O) groups excluding carboxylic acids is 11. The lowest BCUT2D eigenvalue weighted by atomic mass is 9.91. The van der Waals surface area contributed by atoms with Gasteiger partial charge < -0.3 is 66.2 Å². The molecule has 10 atom stereocenters. The van der Waals surface area contributed by atoms with E-state index >= 15 is 9.59 Å². The molecule has 26 nitrogen and oxygen atoms in total. The van der Waals surface area contributed by atoms with Gasteiger partial charge in [0, 0.05) is 67.2 Å². The molecule has 0 aromatic carbocycles. The van der Waals surface area contributed by atoms with Crippen LogP contribution >= 0.6 is 21.6 Å². The second-order valence-electron chi connectivity index (χ2n) is 25.0. The normalized spacial score (nSPS) is 24.1. The van der Waals surface area contributed by atoms with Crippen molar-refractivity contribution in [1.82, 2.24) is 65.9 Å². The first-order chi connectivity index (χ1) is 42.7. The highest BCUT2D eigenvalue weighted by Gasteiger charge is 2.45. The molecule has 2 rings (SSSR count). The standard InChI is InChI=1S/C63H107N13O13S2/c1-18-20-26-42(9)56(82)55-57(83)69-44(19-2)59(85)72(13)38-53(81)70(11)37-51(80)68-45(27-21-23-30-64-48(77)28-25-32-90-91-52-29-22-24-31-65-52)60(86)71(12)36-50(79)66-35-49(78)67-43(10)58(84)73(14)46(33-39(3)4)61(87)74(15)47(34-40(5)6)62(88)75(16)54(41(7)8)63(89)76(55)17/h18,20,22,24,29,31,39-47,54-56,61,82,87H,19,21,23,25-28,30,32-38H2,1-17H3,(H,64,77)(H,66,79)(H,67,78)(H,68,80)(H,69,83)/b20-18+/t42-,43-,44+,45+,46+,47+,54+,55+,56-,61?/m1/s1. The van der Waals surface area contributed by atoms with Crippen molar-refractivity contribution in [2.45, 2.75) is 187 Å². The Morgan fingerprint density at radius 2 is 1.33 bits per heavy atom. The van der Waals surface area contributed by atoms with Crippen molar-refractivity contribution < 1.29 is 63.0 Å². The molecule has 1 aliphatic rings. The van der Waals surface area contributed by atoms with Gasteiger partial charge in [-0.2, -0.15) is 0 Å². The molecule has 11 amide bonds. The predicted molar refractivity (Wildman–Crippen MR) is 352 cm³/mol. The maximum Gasteiger partial charge on any atom is 0.246 e. The van der Waals surface area contributed by atoms with E-state index in [2.05, 4.69) is 31.6 Å². The van der Waals surface area contributed by atoms with Crippen molar-refractivity contribution in [2.24, 2.45) is 23.7 Å². The van der Waals surface area contributed by atoms with Crippen LogP contribution < -0.4 is 26.6 Å². The Hall–Kier alpha value is -6.36. The number of aromatic nitrogens is 1. The molecular formula is C63H107N13O13S2. The fourth-order valence-electron chi connectivity index (χ4n) is 10.5. The van der Waals surface area contributed by atoms with E-state index in [-0.39, 0.29) is 50.0 Å². The number of rotatable bonds is 21. The Bertz CT molecular complexity index is 2590. The summed E-state index contributed by atoms with van der Waals surface area (Å²) in [6.07, 6.45) is 4.83. The molecule has 0 aliphatic carbocycles. The molecule has 7 N–H and O–H groups in total. The average Bonchev–Trinajstić information content (AvgIpc) is 1.90. The van der Waals surface area contributed by atoms with E-state index in [0.717, 1.165) is 30.4 Å². The first kappa shape index (κ1) is 80.7. The number of hydrogen-bond donors (Lipinski definition) is 7. The number of carbonyl (C=O) groups is 11. The number of nitrogens with one attached hydrogen (secondary N) is 5. The Kier molecular flexibility index (Phi) is 36.0. The molecular weight excluding hydrogens is 1210 g/mol. The highest BCUT2D eigenvalue weighted by atomic mass is 33.1. The van der Waals surface area contributed by atoms with Gasteiger partial charge in [0.25, 0.3) is 0 Å². The fraction of sp³-hybridized carbons (Fsp3) is 0.714. The Morgan fingerprint density at radius 3 is 1.92 bits per heavy atom. The molecule has 514 valence electrons. The van der Waals surface area contributed by atoms with Crippen LogP contribution in [-0.4, -0.2) is 257 Å². The molecule has 2 heterocycles. The van der Waals surface area contributed by atoms with Crippen LogP contribution in [0.25, 0.3) is 0 Å². The number of hydrogen-bond acceptors (Lipinski definition) is 17. The van der Waals surface area contributed by atoms with Gasteiger partial charge in [-0.15, -0.1) is 0 Å². The third-order valence-electron chi connectivity index (χ3n) is 15.9.